The highest BCUT2D eigenvalue weighted by atomic mass is 32.2. The Kier molecular flexibility index (Phi) is 6.69. The molecule has 0 aliphatic carbocycles. The Labute approximate surface area is 188 Å². The van der Waals surface area contributed by atoms with E-state index in [1.165, 1.54) is 10.4 Å². The van der Waals surface area contributed by atoms with Gasteiger partial charge >= 0.3 is 0 Å². The van der Waals surface area contributed by atoms with Crippen LogP contribution in [0.2, 0.25) is 0 Å². The number of piperidine rings is 1. The molecule has 164 valence electrons. The van der Waals surface area contributed by atoms with Crippen LogP contribution in [0.25, 0.3) is 11.3 Å². The second-order valence-electron chi connectivity index (χ2n) is 7.95. The molecule has 3 aromatic rings. The largest absolute Gasteiger partial charge is 0.368 e. The zero-order valence-electron chi connectivity index (χ0n) is 18.0. The minimum atomic E-state index is -3.49. The Morgan fingerprint density at radius 3 is 2.48 bits per heavy atom. The number of anilines is 1. The average Bonchev–Trinajstić information content (AvgIpc) is 3.20. The summed E-state index contributed by atoms with van der Waals surface area (Å²) in [7, 11) is -3.49. The van der Waals surface area contributed by atoms with E-state index in [-0.39, 0.29) is 0 Å². The van der Waals surface area contributed by atoms with Gasteiger partial charge in [-0.1, -0.05) is 18.6 Å². The first-order valence-electron chi connectivity index (χ1n) is 10.7. The van der Waals surface area contributed by atoms with E-state index in [2.05, 4.69) is 33.9 Å². The summed E-state index contributed by atoms with van der Waals surface area (Å²) in [5.41, 5.74) is 3.50. The van der Waals surface area contributed by atoms with Crippen molar-refractivity contribution in [1.29, 1.82) is 0 Å². The second-order valence-corrected chi connectivity index (χ2v) is 10.9. The number of hydrogen-bond donors (Lipinski definition) is 1. The molecule has 0 atom stereocenters. The lowest BCUT2D eigenvalue weighted by Crippen LogP contribution is -2.35. The molecule has 0 amide bonds. The highest BCUT2D eigenvalue weighted by Gasteiger charge is 2.27. The molecule has 4 rings (SSSR count). The number of benzene rings is 1. The van der Waals surface area contributed by atoms with Crippen LogP contribution in [0.15, 0.2) is 46.7 Å². The van der Waals surface area contributed by atoms with Crippen LogP contribution < -0.4 is 5.32 Å². The molecule has 1 aliphatic rings. The summed E-state index contributed by atoms with van der Waals surface area (Å²) in [6.07, 6.45) is 3.88. The molecule has 2 aromatic heterocycles. The summed E-state index contributed by atoms with van der Waals surface area (Å²) in [5, 5.41) is 14.0. The van der Waals surface area contributed by atoms with E-state index < -0.39 is 10.0 Å². The van der Waals surface area contributed by atoms with Crippen LogP contribution in [0, 0.1) is 13.8 Å². The van der Waals surface area contributed by atoms with Crippen molar-refractivity contribution in [2.75, 3.05) is 25.0 Å². The first kappa shape index (κ1) is 21.9. The fraction of sp³-hybridized carbons (Fsp3) is 0.391. The Balaban J connectivity index is 1.48. The van der Waals surface area contributed by atoms with Gasteiger partial charge in [0, 0.05) is 30.1 Å². The van der Waals surface area contributed by atoms with Crippen LogP contribution in [0.4, 0.5) is 5.82 Å². The number of thiophene rings is 1. The van der Waals surface area contributed by atoms with Crippen molar-refractivity contribution in [2.24, 2.45) is 0 Å². The van der Waals surface area contributed by atoms with Gasteiger partial charge in [-0.3, -0.25) is 0 Å². The van der Waals surface area contributed by atoms with Crippen molar-refractivity contribution in [3.63, 3.8) is 0 Å². The SMILES string of the molecule is Cc1ccc(-c2ccc(NCCc3sccc3C)nn2)cc1S(=O)(=O)N1CCCCC1. The summed E-state index contributed by atoms with van der Waals surface area (Å²) < 4.78 is 27.9. The summed E-state index contributed by atoms with van der Waals surface area (Å²) in [4.78, 5) is 1.74. The molecule has 1 aliphatic heterocycles. The predicted molar refractivity (Wildman–Crippen MR) is 126 cm³/mol. The van der Waals surface area contributed by atoms with Crippen LogP contribution in [0.1, 0.15) is 35.3 Å². The molecule has 0 saturated carbocycles. The van der Waals surface area contributed by atoms with Crippen molar-refractivity contribution in [2.45, 2.75) is 44.4 Å². The van der Waals surface area contributed by atoms with Crippen LogP contribution >= 0.6 is 11.3 Å². The summed E-state index contributed by atoms with van der Waals surface area (Å²) in [5.74, 6) is 0.714. The van der Waals surface area contributed by atoms with Crippen molar-refractivity contribution < 1.29 is 8.42 Å². The standard InChI is InChI=1S/C23H28N4O2S2/c1-17-11-15-30-21(17)10-12-24-23-9-8-20(25-26-23)19-7-6-18(2)22(16-19)31(28,29)27-13-4-3-5-14-27/h6-9,11,15-16H,3-5,10,12-14H2,1-2H3,(H,24,26). The third kappa shape index (κ3) is 4.97. The molecule has 1 N–H and O–H groups in total. The average molecular weight is 457 g/mol. The highest BCUT2D eigenvalue weighted by Crippen LogP contribution is 2.28. The molecular formula is C23H28N4O2S2. The van der Waals surface area contributed by atoms with E-state index in [0.717, 1.165) is 43.4 Å². The maximum atomic E-state index is 13.2. The van der Waals surface area contributed by atoms with Gasteiger partial charge in [-0.2, -0.15) is 4.31 Å². The Morgan fingerprint density at radius 2 is 1.81 bits per heavy atom. The number of hydrogen-bond acceptors (Lipinski definition) is 6. The van der Waals surface area contributed by atoms with Crippen LogP contribution in [0.3, 0.4) is 0 Å². The van der Waals surface area contributed by atoms with Crippen molar-refractivity contribution in [3.05, 3.63) is 57.8 Å². The Morgan fingerprint density at radius 1 is 1.00 bits per heavy atom. The number of nitrogens with zero attached hydrogens (tertiary/aromatic N) is 3. The fourth-order valence-corrected chi connectivity index (χ4v) is 6.50. The number of nitrogens with one attached hydrogen (secondary N) is 1. The van der Waals surface area contributed by atoms with Gasteiger partial charge in [-0.05, 0) is 73.9 Å². The van der Waals surface area contributed by atoms with Gasteiger partial charge in [-0.15, -0.1) is 21.5 Å². The molecule has 0 radical (unpaired) electrons. The van der Waals surface area contributed by atoms with E-state index in [9.17, 15) is 8.42 Å². The molecule has 6 nitrogen and oxygen atoms in total. The molecule has 0 spiro atoms. The van der Waals surface area contributed by atoms with Gasteiger partial charge < -0.3 is 5.32 Å². The monoisotopic (exact) mass is 456 g/mol. The zero-order valence-corrected chi connectivity index (χ0v) is 19.6. The van der Waals surface area contributed by atoms with Gasteiger partial charge in [-0.25, -0.2) is 8.42 Å². The fourth-order valence-electron chi connectivity index (χ4n) is 3.83. The van der Waals surface area contributed by atoms with E-state index in [1.54, 1.807) is 21.7 Å². The minimum absolute atomic E-state index is 0.363. The second kappa shape index (κ2) is 9.46. The lowest BCUT2D eigenvalue weighted by atomic mass is 10.1. The molecule has 3 heterocycles. The first-order valence-corrected chi connectivity index (χ1v) is 13.0. The maximum absolute atomic E-state index is 13.2. The normalized spacial score (nSPS) is 15.2. The van der Waals surface area contributed by atoms with Crippen LogP contribution in [0.5, 0.6) is 0 Å². The molecule has 1 saturated heterocycles. The van der Waals surface area contributed by atoms with Crippen molar-refractivity contribution in [3.8, 4) is 11.3 Å². The molecule has 8 heteroatoms. The lowest BCUT2D eigenvalue weighted by molar-refractivity contribution is 0.346. The van der Waals surface area contributed by atoms with E-state index in [1.807, 2.05) is 31.2 Å². The van der Waals surface area contributed by atoms with Crippen molar-refractivity contribution in [1.82, 2.24) is 14.5 Å². The third-order valence-corrected chi connectivity index (χ3v) is 8.83. The topological polar surface area (TPSA) is 75.2 Å². The smallest absolute Gasteiger partial charge is 0.243 e. The minimum Gasteiger partial charge on any atom is -0.368 e. The molecule has 0 bridgehead atoms. The molecule has 0 unspecified atom stereocenters. The number of aromatic nitrogens is 2. The third-order valence-electron chi connectivity index (χ3n) is 5.71. The maximum Gasteiger partial charge on any atom is 0.243 e. The molecule has 1 fully saturated rings. The number of sulfonamides is 1. The summed E-state index contributed by atoms with van der Waals surface area (Å²) in [6.45, 7) is 5.95. The first-order chi connectivity index (χ1) is 14.9. The van der Waals surface area contributed by atoms with Crippen LogP contribution in [-0.2, 0) is 16.4 Å². The Bertz CT molecular complexity index is 1130. The van der Waals surface area contributed by atoms with Crippen LogP contribution in [-0.4, -0.2) is 42.6 Å². The van der Waals surface area contributed by atoms with Gasteiger partial charge in [0.15, 0.2) is 0 Å². The number of rotatable bonds is 7. The van der Waals surface area contributed by atoms with E-state index >= 15 is 0 Å². The van der Waals surface area contributed by atoms with E-state index in [0.29, 0.717) is 29.5 Å². The quantitative estimate of drug-likeness (QED) is 0.560. The summed E-state index contributed by atoms with van der Waals surface area (Å²) >= 11 is 1.77. The zero-order chi connectivity index (χ0) is 21.8. The highest BCUT2D eigenvalue weighted by molar-refractivity contribution is 7.89. The molecule has 31 heavy (non-hydrogen) atoms. The van der Waals surface area contributed by atoms with E-state index in [4.69, 9.17) is 0 Å². The molecule has 1 aromatic carbocycles. The van der Waals surface area contributed by atoms with Gasteiger partial charge in [0.1, 0.15) is 5.82 Å². The lowest BCUT2D eigenvalue weighted by Gasteiger charge is -2.26. The predicted octanol–water partition coefficient (Wildman–Crippen LogP) is 4.65. The van der Waals surface area contributed by atoms with Gasteiger partial charge in [0.2, 0.25) is 10.0 Å². The van der Waals surface area contributed by atoms with Gasteiger partial charge in [0.05, 0.1) is 10.6 Å². The molecular weight excluding hydrogens is 428 g/mol. The number of aryl methyl sites for hydroxylation is 2. The summed E-state index contributed by atoms with van der Waals surface area (Å²) in [6, 6.07) is 11.4. The van der Waals surface area contributed by atoms with Gasteiger partial charge in [0.25, 0.3) is 0 Å². The Hall–Kier alpha value is -2.29. The van der Waals surface area contributed by atoms with Crippen molar-refractivity contribution >= 4 is 27.2 Å².